The summed E-state index contributed by atoms with van der Waals surface area (Å²) in [5.74, 6) is 1.41. The first kappa shape index (κ1) is 22.3. The summed E-state index contributed by atoms with van der Waals surface area (Å²) in [6.45, 7) is 0.0855. The number of ether oxygens (including phenoxy) is 2. The van der Waals surface area contributed by atoms with Gasteiger partial charge in [0.05, 0.1) is 32.6 Å². The molecule has 32 heavy (non-hydrogen) atoms. The molecule has 1 heterocycles. The molecular weight excluding hydrogens is 430 g/mol. The molecule has 3 aromatic rings. The molecule has 1 N–H and O–H groups in total. The molecular formula is C23H27N3O5S. The van der Waals surface area contributed by atoms with Crippen molar-refractivity contribution in [2.24, 2.45) is 0 Å². The Morgan fingerprint density at radius 3 is 1.88 bits per heavy atom. The van der Waals surface area contributed by atoms with Crippen molar-refractivity contribution in [2.75, 3.05) is 14.2 Å². The Balaban J connectivity index is 1.67. The summed E-state index contributed by atoms with van der Waals surface area (Å²) in [6.07, 6.45) is 1.88. The van der Waals surface area contributed by atoms with E-state index >= 15 is 0 Å². The highest BCUT2D eigenvalue weighted by molar-refractivity contribution is 7.89. The van der Waals surface area contributed by atoms with E-state index in [1.807, 2.05) is 24.3 Å². The number of nitrogens with zero attached hydrogens (tertiary/aromatic N) is 3. The van der Waals surface area contributed by atoms with Crippen LogP contribution in [0.15, 0.2) is 59.6 Å². The van der Waals surface area contributed by atoms with Crippen LogP contribution in [0.3, 0.4) is 0 Å². The van der Waals surface area contributed by atoms with Gasteiger partial charge in [0.25, 0.3) is 10.0 Å². The number of aliphatic hydroxyl groups is 1. The second kappa shape index (κ2) is 9.32. The maximum absolute atomic E-state index is 13.6. The maximum Gasteiger partial charge on any atom is 0.263 e. The third-order valence-electron chi connectivity index (χ3n) is 5.49. The summed E-state index contributed by atoms with van der Waals surface area (Å²) in [5, 5.41) is 14.0. The molecule has 2 aromatic carbocycles. The van der Waals surface area contributed by atoms with Gasteiger partial charge in [-0.25, -0.2) is 8.42 Å². The monoisotopic (exact) mass is 457 g/mol. The minimum atomic E-state index is -3.92. The number of rotatable bonds is 10. The molecule has 9 heteroatoms. The maximum atomic E-state index is 13.6. The summed E-state index contributed by atoms with van der Waals surface area (Å²) in [7, 11) is -0.743. The van der Waals surface area contributed by atoms with Crippen molar-refractivity contribution in [3.8, 4) is 11.5 Å². The Hall–Kier alpha value is -2.88. The first-order valence-corrected chi connectivity index (χ1v) is 11.8. The summed E-state index contributed by atoms with van der Waals surface area (Å²) in [6, 6.07) is 16.2. The Morgan fingerprint density at radius 2 is 1.47 bits per heavy atom. The van der Waals surface area contributed by atoms with E-state index in [0.29, 0.717) is 17.2 Å². The van der Waals surface area contributed by atoms with Gasteiger partial charge in [0.15, 0.2) is 5.03 Å². The molecule has 0 saturated heterocycles. The lowest BCUT2D eigenvalue weighted by Crippen LogP contribution is -2.30. The number of aliphatic hydroxyl groups excluding tert-OH is 1. The van der Waals surface area contributed by atoms with Crippen LogP contribution in [0.2, 0.25) is 0 Å². The van der Waals surface area contributed by atoms with Crippen LogP contribution in [0.5, 0.6) is 11.5 Å². The van der Waals surface area contributed by atoms with E-state index in [0.717, 1.165) is 24.0 Å². The fourth-order valence-corrected chi connectivity index (χ4v) is 4.89. The van der Waals surface area contributed by atoms with Gasteiger partial charge in [-0.15, -0.1) is 0 Å². The summed E-state index contributed by atoms with van der Waals surface area (Å²) < 4.78 is 40.7. The molecule has 1 aliphatic rings. The number of sulfonamides is 1. The van der Waals surface area contributed by atoms with Crippen molar-refractivity contribution in [3.05, 3.63) is 71.4 Å². The van der Waals surface area contributed by atoms with Crippen LogP contribution in [0, 0.1) is 0 Å². The van der Waals surface area contributed by atoms with Gasteiger partial charge in [0, 0.05) is 19.2 Å². The Kier molecular flexibility index (Phi) is 6.50. The molecule has 1 fully saturated rings. The van der Waals surface area contributed by atoms with Crippen LogP contribution >= 0.6 is 0 Å². The van der Waals surface area contributed by atoms with E-state index < -0.39 is 10.0 Å². The molecule has 0 unspecified atom stereocenters. The standard InChI is InChI=1S/C23H27N3O5S/c1-30-21-9-3-17(4-10-21)14-25(15-18-5-11-22(31-2)12-6-18)32(28,29)23-13-20(16-27)26(24-23)19-7-8-19/h3-6,9-13,19,27H,7-8,14-16H2,1-2H3. The second-order valence-electron chi connectivity index (χ2n) is 7.78. The lowest BCUT2D eigenvalue weighted by atomic mass is 10.2. The smallest absolute Gasteiger partial charge is 0.263 e. The van der Waals surface area contributed by atoms with Crippen molar-refractivity contribution in [1.82, 2.24) is 14.1 Å². The minimum Gasteiger partial charge on any atom is -0.497 e. The zero-order chi connectivity index (χ0) is 22.7. The zero-order valence-electron chi connectivity index (χ0n) is 18.1. The second-order valence-corrected chi connectivity index (χ2v) is 9.66. The minimum absolute atomic E-state index is 0.0459. The van der Waals surface area contributed by atoms with Gasteiger partial charge in [-0.05, 0) is 48.2 Å². The van der Waals surface area contributed by atoms with Crippen molar-refractivity contribution < 1.29 is 23.0 Å². The van der Waals surface area contributed by atoms with Gasteiger partial charge in [0.2, 0.25) is 0 Å². The number of methoxy groups -OCH3 is 2. The van der Waals surface area contributed by atoms with Gasteiger partial charge in [-0.2, -0.15) is 9.40 Å². The fourth-order valence-electron chi connectivity index (χ4n) is 3.51. The summed E-state index contributed by atoms with van der Waals surface area (Å²) >= 11 is 0. The van der Waals surface area contributed by atoms with Gasteiger partial charge in [0.1, 0.15) is 11.5 Å². The average Bonchev–Trinajstić information content (AvgIpc) is 3.57. The van der Waals surface area contributed by atoms with Crippen molar-refractivity contribution in [2.45, 2.75) is 43.6 Å². The molecule has 0 radical (unpaired) electrons. The van der Waals surface area contributed by atoms with E-state index in [-0.39, 0.29) is 30.8 Å². The number of hydrogen-bond donors (Lipinski definition) is 1. The molecule has 0 spiro atoms. The summed E-state index contributed by atoms with van der Waals surface area (Å²) in [4.78, 5) is 0. The van der Waals surface area contributed by atoms with Crippen molar-refractivity contribution >= 4 is 10.0 Å². The van der Waals surface area contributed by atoms with Crippen LogP contribution in [0.1, 0.15) is 35.7 Å². The van der Waals surface area contributed by atoms with Crippen LogP contribution in [-0.2, 0) is 29.7 Å². The molecule has 170 valence electrons. The highest BCUT2D eigenvalue weighted by atomic mass is 32.2. The molecule has 1 saturated carbocycles. The highest BCUT2D eigenvalue weighted by Crippen LogP contribution is 2.36. The first-order valence-electron chi connectivity index (χ1n) is 10.4. The third kappa shape index (κ3) is 4.79. The van der Waals surface area contributed by atoms with Gasteiger partial charge < -0.3 is 14.6 Å². The van der Waals surface area contributed by atoms with Crippen LogP contribution in [0.25, 0.3) is 0 Å². The predicted molar refractivity (Wildman–Crippen MR) is 119 cm³/mol. The van der Waals surface area contributed by atoms with Crippen LogP contribution in [-0.4, -0.2) is 41.8 Å². The van der Waals surface area contributed by atoms with Gasteiger partial charge in [-0.3, -0.25) is 4.68 Å². The Labute approximate surface area is 188 Å². The van der Waals surface area contributed by atoms with E-state index in [1.54, 1.807) is 43.2 Å². The number of hydrogen-bond acceptors (Lipinski definition) is 6. The highest BCUT2D eigenvalue weighted by Gasteiger charge is 2.32. The molecule has 0 atom stereocenters. The predicted octanol–water partition coefficient (Wildman–Crippen LogP) is 3.12. The molecule has 0 bridgehead atoms. The van der Waals surface area contributed by atoms with Gasteiger partial charge >= 0.3 is 0 Å². The van der Waals surface area contributed by atoms with Crippen LogP contribution in [0.4, 0.5) is 0 Å². The molecule has 0 amide bonds. The van der Waals surface area contributed by atoms with Crippen LogP contribution < -0.4 is 9.47 Å². The average molecular weight is 458 g/mol. The quantitative estimate of drug-likeness (QED) is 0.503. The number of aromatic nitrogens is 2. The number of benzene rings is 2. The fraction of sp³-hybridized carbons (Fsp3) is 0.348. The molecule has 1 aromatic heterocycles. The Bertz CT molecular complexity index is 1100. The largest absolute Gasteiger partial charge is 0.497 e. The summed E-state index contributed by atoms with van der Waals surface area (Å²) in [5.41, 5.74) is 2.17. The van der Waals surface area contributed by atoms with Gasteiger partial charge in [-0.1, -0.05) is 24.3 Å². The van der Waals surface area contributed by atoms with Crippen molar-refractivity contribution in [3.63, 3.8) is 0 Å². The lowest BCUT2D eigenvalue weighted by Gasteiger charge is -2.21. The molecule has 0 aliphatic heterocycles. The SMILES string of the molecule is COc1ccc(CN(Cc2ccc(OC)cc2)S(=O)(=O)c2cc(CO)n(C3CC3)n2)cc1. The van der Waals surface area contributed by atoms with E-state index in [9.17, 15) is 13.5 Å². The normalized spacial score (nSPS) is 14.0. The topological polar surface area (TPSA) is 93.9 Å². The van der Waals surface area contributed by atoms with E-state index in [4.69, 9.17) is 9.47 Å². The molecule has 8 nitrogen and oxygen atoms in total. The first-order chi connectivity index (χ1) is 15.4. The van der Waals surface area contributed by atoms with E-state index in [1.165, 1.54) is 10.4 Å². The zero-order valence-corrected chi connectivity index (χ0v) is 19.0. The molecule has 1 aliphatic carbocycles. The lowest BCUT2D eigenvalue weighted by molar-refractivity contribution is 0.267. The van der Waals surface area contributed by atoms with Crippen molar-refractivity contribution in [1.29, 1.82) is 0 Å². The molecule has 4 rings (SSSR count). The Morgan fingerprint density at radius 1 is 0.969 bits per heavy atom. The van der Waals surface area contributed by atoms with E-state index in [2.05, 4.69) is 5.10 Å². The third-order valence-corrected chi connectivity index (χ3v) is 7.15.